The first-order valence-corrected chi connectivity index (χ1v) is 11.6. The number of amides is 2. The molecule has 38 heavy (non-hydrogen) atoms. The molecule has 0 aromatic heterocycles. The van der Waals surface area contributed by atoms with Gasteiger partial charge in [-0.2, -0.15) is 26.3 Å². The SMILES string of the molecule is C[N+](C)(Cc1ccccc1)[C@H]1c2ccccc2C[C@@H]1NC(=O)Nc1cc(C(F)(F)F)cc(C(F)(F)F)c1.[Br-]. The van der Waals surface area contributed by atoms with Crippen LogP contribution in [0.25, 0.3) is 0 Å². The molecule has 0 radical (unpaired) electrons. The number of carbonyl (C=O) groups is 1. The number of quaternary nitrogens is 1. The van der Waals surface area contributed by atoms with Crippen LogP contribution in [-0.2, 0) is 25.3 Å². The monoisotopic (exact) mass is 601 g/mol. The molecule has 4 rings (SSSR count). The molecule has 0 saturated heterocycles. The maximum atomic E-state index is 13.2. The number of hydrogen-bond acceptors (Lipinski definition) is 1. The van der Waals surface area contributed by atoms with Crippen molar-refractivity contribution in [3.05, 3.63) is 101 Å². The van der Waals surface area contributed by atoms with E-state index in [0.717, 1.165) is 16.7 Å². The zero-order valence-electron chi connectivity index (χ0n) is 20.5. The zero-order valence-corrected chi connectivity index (χ0v) is 22.1. The van der Waals surface area contributed by atoms with Gasteiger partial charge in [-0.25, -0.2) is 4.79 Å². The number of rotatable bonds is 5. The minimum Gasteiger partial charge on any atom is -1.00 e. The number of fused-ring (bicyclic) bond motifs is 1. The predicted molar refractivity (Wildman–Crippen MR) is 128 cm³/mol. The summed E-state index contributed by atoms with van der Waals surface area (Å²) in [5.74, 6) is 0. The van der Waals surface area contributed by atoms with Crippen LogP contribution < -0.4 is 27.6 Å². The summed E-state index contributed by atoms with van der Waals surface area (Å²) in [7, 11) is 4.05. The average molecular weight is 602 g/mol. The largest absolute Gasteiger partial charge is 1.00 e. The first-order chi connectivity index (χ1) is 17.2. The molecule has 2 amide bonds. The third-order valence-electron chi connectivity index (χ3n) is 6.54. The second kappa shape index (κ2) is 11.0. The highest BCUT2D eigenvalue weighted by atomic mass is 79.9. The summed E-state index contributed by atoms with van der Waals surface area (Å²) in [6, 6.07) is 17.0. The summed E-state index contributed by atoms with van der Waals surface area (Å²) in [5.41, 5.74) is -0.440. The first kappa shape index (κ1) is 29.5. The van der Waals surface area contributed by atoms with Crippen molar-refractivity contribution >= 4 is 11.7 Å². The van der Waals surface area contributed by atoms with Gasteiger partial charge in [-0.05, 0) is 30.2 Å². The summed E-state index contributed by atoms with van der Waals surface area (Å²) in [6.07, 6.45) is -9.54. The third kappa shape index (κ3) is 6.68. The number of alkyl halides is 6. The number of urea groups is 1. The lowest BCUT2D eigenvalue weighted by atomic mass is 10.0. The van der Waals surface area contributed by atoms with Gasteiger partial charge in [0.25, 0.3) is 0 Å². The molecule has 0 heterocycles. The van der Waals surface area contributed by atoms with E-state index in [9.17, 15) is 31.1 Å². The molecular formula is C27H26BrF6N3O. The Balaban J connectivity index is 0.00000400. The van der Waals surface area contributed by atoms with E-state index in [-0.39, 0.29) is 29.1 Å². The van der Waals surface area contributed by atoms with E-state index < -0.39 is 41.2 Å². The van der Waals surface area contributed by atoms with Crippen LogP contribution in [0.1, 0.15) is 33.9 Å². The molecule has 3 aromatic rings. The van der Waals surface area contributed by atoms with Crippen LogP contribution in [0.2, 0.25) is 0 Å². The fourth-order valence-electron chi connectivity index (χ4n) is 5.08. The molecule has 11 heteroatoms. The number of nitrogens with one attached hydrogen (secondary N) is 2. The Hall–Kier alpha value is -3.05. The maximum Gasteiger partial charge on any atom is 0.416 e. The number of nitrogens with zero attached hydrogens (tertiary/aromatic N) is 1. The number of hydrogen-bond donors (Lipinski definition) is 2. The minimum atomic E-state index is -5.01. The lowest BCUT2D eigenvalue weighted by Crippen LogP contribution is -3.00. The molecule has 4 nitrogen and oxygen atoms in total. The summed E-state index contributed by atoms with van der Waals surface area (Å²) in [5, 5.41) is 4.99. The number of benzene rings is 3. The number of likely N-dealkylation sites (N-methyl/N-ethyl adjacent to an activating group) is 1. The third-order valence-corrected chi connectivity index (χ3v) is 6.54. The number of carbonyl (C=O) groups excluding carboxylic acids is 1. The second-order valence-electron chi connectivity index (χ2n) is 9.77. The van der Waals surface area contributed by atoms with Gasteiger partial charge < -0.3 is 32.1 Å². The van der Waals surface area contributed by atoms with Crippen molar-refractivity contribution in [2.45, 2.75) is 37.4 Å². The van der Waals surface area contributed by atoms with Crippen LogP contribution in [0.4, 0.5) is 36.8 Å². The Labute approximate surface area is 227 Å². The van der Waals surface area contributed by atoms with E-state index >= 15 is 0 Å². The number of halogens is 7. The molecule has 0 aliphatic heterocycles. The lowest BCUT2D eigenvalue weighted by Gasteiger charge is -2.40. The van der Waals surface area contributed by atoms with Gasteiger partial charge in [-0.15, -0.1) is 0 Å². The smallest absolute Gasteiger partial charge is 0.416 e. The van der Waals surface area contributed by atoms with Gasteiger partial charge in [0, 0.05) is 16.8 Å². The maximum absolute atomic E-state index is 13.2. The zero-order chi connectivity index (χ0) is 27.0. The van der Waals surface area contributed by atoms with Crippen LogP contribution in [0.3, 0.4) is 0 Å². The van der Waals surface area contributed by atoms with Crippen LogP contribution in [0.5, 0.6) is 0 Å². The highest BCUT2D eigenvalue weighted by molar-refractivity contribution is 5.90. The van der Waals surface area contributed by atoms with E-state index in [2.05, 4.69) is 10.6 Å². The molecule has 0 fully saturated rings. The lowest BCUT2D eigenvalue weighted by molar-refractivity contribution is -0.934. The van der Waals surface area contributed by atoms with Gasteiger partial charge in [0.15, 0.2) is 0 Å². The summed E-state index contributed by atoms with van der Waals surface area (Å²) < 4.78 is 79.8. The summed E-state index contributed by atoms with van der Waals surface area (Å²) in [4.78, 5) is 12.9. The molecule has 0 spiro atoms. The van der Waals surface area contributed by atoms with E-state index in [4.69, 9.17) is 0 Å². The fourth-order valence-corrected chi connectivity index (χ4v) is 5.08. The topological polar surface area (TPSA) is 41.1 Å². The van der Waals surface area contributed by atoms with Gasteiger partial charge in [0.2, 0.25) is 0 Å². The highest BCUT2D eigenvalue weighted by Gasteiger charge is 2.44. The molecule has 2 atom stereocenters. The van der Waals surface area contributed by atoms with Crippen LogP contribution in [0, 0.1) is 0 Å². The van der Waals surface area contributed by atoms with Crippen molar-refractivity contribution in [2.75, 3.05) is 19.4 Å². The van der Waals surface area contributed by atoms with Crippen molar-refractivity contribution in [2.24, 2.45) is 0 Å². The quantitative estimate of drug-likeness (QED) is 0.339. The van der Waals surface area contributed by atoms with Crippen molar-refractivity contribution < 1.29 is 52.6 Å². The van der Waals surface area contributed by atoms with E-state index in [0.29, 0.717) is 29.6 Å². The van der Waals surface area contributed by atoms with E-state index in [1.165, 1.54) is 0 Å². The molecule has 2 N–H and O–H groups in total. The van der Waals surface area contributed by atoms with Crippen LogP contribution in [-0.4, -0.2) is 30.7 Å². The van der Waals surface area contributed by atoms with Gasteiger partial charge in [0.1, 0.15) is 12.6 Å². The van der Waals surface area contributed by atoms with Crippen molar-refractivity contribution in [3.8, 4) is 0 Å². The van der Waals surface area contributed by atoms with Gasteiger partial charge >= 0.3 is 18.4 Å². The van der Waals surface area contributed by atoms with Gasteiger partial charge in [0.05, 0.1) is 31.3 Å². The minimum absolute atomic E-state index is 0. The molecule has 1 aliphatic carbocycles. The molecule has 204 valence electrons. The van der Waals surface area contributed by atoms with Crippen LogP contribution >= 0.6 is 0 Å². The van der Waals surface area contributed by atoms with Crippen LogP contribution in [0.15, 0.2) is 72.8 Å². The molecule has 0 saturated carbocycles. The molecule has 1 aliphatic rings. The first-order valence-electron chi connectivity index (χ1n) is 11.6. The molecule has 0 bridgehead atoms. The predicted octanol–water partition coefficient (Wildman–Crippen LogP) is 3.79. The van der Waals surface area contributed by atoms with Gasteiger partial charge in [-0.1, -0.05) is 54.6 Å². The average Bonchev–Trinajstić information content (AvgIpc) is 3.16. The van der Waals surface area contributed by atoms with Crippen molar-refractivity contribution in [1.82, 2.24) is 5.32 Å². The Morgan fingerprint density at radius 1 is 0.868 bits per heavy atom. The second-order valence-corrected chi connectivity index (χ2v) is 9.77. The standard InChI is InChI=1S/C27H25F6N3O.BrH/c1-36(2,16-17-8-4-3-5-9-17)24-22-11-7-6-10-18(22)12-23(24)35-25(37)34-21-14-19(26(28,29)30)13-20(15-21)27(31,32)33;/h3-11,13-15,23-24H,12,16H2,1-2H3,(H-,34,35,37);1H/t23-,24-;/m0./s1. The summed E-state index contributed by atoms with van der Waals surface area (Å²) in [6.45, 7) is 0.641. The Kier molecular flexibility index (Phi) is 8.52. The Bertz CT molecular complexity index is 1250. The Morgan fingerprint density at radius 3 is 2.00 bits per heavy atom. The molecule has 0 unspecified atom stereocenters. The fraction of sp³-hybridized carbons (Fsp3) is 0.296. The van der Waals surface area contributed by atoms with Crippen molar-refractivity contribution in [1.29, 1.82) is 0 Å². The highest BCUT2D eigenvalue weighted by Crippen LogP contribution is 2.40. The van der Waals surface area contributed by atoms with E-state index in [1.807, 2.05) is 68.7 Å². The molecular weight excluding hydrogens is 576 g/mol. The van der Waals surface area contributed by atoms with Gasteiger partial charge in [-0.3, -0.25) is 0 Å². The normalized spacial score (nSPS) is 17.4. The van der Waals surface area contributed by atoms with E-state index in [1.54, 1.807) is 0 Å². The number of anilines is 1. The van der Waals surface area contributed by atoms with Crippen molar-refractivity contribution in [3.63, 3.8) is 0 Å². The summed E-state index contributed by atoms with van der Waals surface area (Å²) >= 11 is 0. The Morgan fingerprint density at radius 2 is 1.42 bits per heavy atom. The molecule has 3 aromatic carbocycles.